The first-order valence-corrected chi connectivity index (χ1v) is 8.93. The molecule has 130 valence electrons. The summed E-state index contributed by atoms with van der Waals surface area (Å²) in [7, 11) is 0. The maximum Gasteiger partial charge on any atom is 0.261 e. The number of amides is 1. The average molecular weight is 343 g/mol. The second-order valence-corrected chi connectivity index (χ2v) is 6.40. The molecule has 1 aliphatic rings. The lowest BCUT2D eigenvalue weighted by atomic mass is 9.93. The van der Waals surface area contributed by atoms with Gasteiger partial charge in [0, 0.05) is 29.8 Å². The molecule has 3 aromatic carbocycles. The molecule has 0 saturated carbocycles. The molecule has 4 rings (SSSR count). The van der Waals surface area contributed by atoms with Crippen molar-refractivity contribution >= 4 is 11.6 Å². The van der Waals surface area contributed by atoms with Crippen molar-refractivity contribution in [2.24, 2.45) is 0 Å². The van der Waals surface area contributed by atoms with Crippen molar-refractivity contribution in [1.82, 2.24) is 0 Å². The number of para-hydroxylation sites is 1. The summed E-state index contributed by atoms with van der Waals surface area (Å²) in [5.74, 6) is -0.0174. The van der Waals surface area contributed by atoms with Crippen molar-refractivity contribution in [3.8, 4) is 0 Å². The molecule has 3 nitrogen and oxygen atoms in total. The Morgan fingerprint density at radius 1 is 0.846 bits per heavy atom. The van der Waals surface area contributed by atoms with Gasteiger partial charge in [0.1, 0.15) is 0 Å². The number of carbonyl (C=O) groups is 1. The maximum absolute atomic E-state index is 13.3. The van der Waals surface area contributed by atoms with Crippen LogP contribution in [-0.4, -0.2) is 12.5 Å². The Hall–Kier alpha value is -2.91. The van der Waals surface area contributed by atoms with Crippen LogP contribution in [0.3, 0.4) is 0 Å². The van der Waals surface area contributed by atoms with Crippen molar-refractivity contribution in [1.29, 1.82) is 0 Å². The summed E-state index contributed by atoms with van der Waals surface area (Å²) in [6.07, 6.45) is 0.597. The van der Waals surface area contributed by atoms with Gasteiger partial charge in [-0.2, -0.15) is 0 Å². The number of rotatable bonds is 5. The van der Waals surface area contributed by atoms with Crippen molar-refractivity contribution in [3.63, 3.8) is 0 Å². The van der Waals surface area contributed by atoms with Crippen LogP contribution in [0.25, 0.3) is 0 Å². The molecule has 1 amide bonds. The smallest absolute Gasteiger partial charge is 0.261 e. The predicted molar refractivity (Wildman–Crippen MR) is 103 cm³/mol. The Balaban J connectivity index is 1.92. The lowest BCUT2D eigenvalue weighted by Gasteiger charge is -2.39. The summed E-state index contributed by atoms with van der Waals surface area (Å²) in [6.45, 7) is 2.49. The minimum Gasteiger partial charge on any atom is -0.351 e. The number of fused-ring (bicyclic) bond motifs is 1. The van der Waals surface area contributed by atoms with E-state index in [0.29, 0.717) is 18.6 Å². The number of hydrogen-bond donors (Lipinski definition) is 0. The SMILES string of the molecule is CCO[C@@]1(Cc2ccccc2)c2ccccc2C(=O)N1c1ccccc1. The lowest BCUT2D eigenvalue weighted by molar-refractivity contribution is -0.0370. The first-order chi connectivity index (χ1) is 12.8. The molecule has 0 spiro atoms. The Morgan fingerprint density at radius 3 is 2.15 bits per heavy atom. The van der Waals surface area contributed by atoms with Gasteiger partial charge in [0.05, 0.1) is 0 Å². The summed E-state index contributed by atoms with van der Waals surface area (Å²) in [4.78, 5) is 15.1. The molecular formula is C23H21NO2. The quantitative estimate of drug-likeness (QED) is 0.667. The zero-order chi connectivity index (χ0) is 18.0. The number of carbonyl (C=O) groups excluding carboxylic acids is 1. The molecule has 0 saturated heterocycles. The average Bonchev–Trinajstić information content (AvgIpc) is 2.92. The third-order valence-electron chi connectivity index (χ3n) is 4.83. The van der Waals surface area contributed by atoms with Crippen LogP contribution in [0.5, 0.6) is 0 Å². The number of nitrogens with zero attached hydrogens (tertiary/aromatic N) is 1. The number of hydrogen-bond acceptors (Lipinski definition) is 2. The molecule has 0 unspecified atom stereocenters. The fraction of sp³-hybridized carbons (Fsp3) is 0.174. The van der Waals surface area contributed by atoms with Gasteiger partial charge in [-0.3, -0.25) is 9.69 Å². The Kier molecular flexibility index (Phi) is 4.31. The van der Waals surface area contributed by atoms with Crippen molar-refractivity contribution < 1.29 is 9.53 Å². The highest BCUT2D eigenvalue weighted by molar-refractivity contribution is 6.11. The molecular weight excluding hydrogens is 322 g/mol. The molecule has 0 aromatic heterocycles. The van der Waals surface area contributed by atoms with Crippen molar-refractivity contribution in [3.05, 3.63) is 102 Å². The van der Waals surface area contributed by atoms with Crippen LogP contribution in [-0.2, 0) is 16.9 Å². The van der Waals surface area contributed by atoms with E-state index < -0.39 is 5.72 Å². The molecule has 1 aliphatic heterocycles. The largest absolute Gasteiger partial charge is 0.351 e. The van der Waals surface area contributed by atoms with E-state index >= 15 is 0 Å². The highest BCUT2D eigenvalue weighted by Gasteiger charge is 2.51. The second kappa shape index (κ2) is 6.77. The van der Waals surface area contributed by atoms with Crippen LogP contribution in [0.1, 0.15) is 28.4 Å². The van der Waals surface area contributed by atoms with Gasteiger partial charge in [-0.15, -0.1) is 0 Å². The molecule has 0 aliphatic carbocycles. The third kappa shape index (κ3) is 2.61. The lowest BCUT2D eigenvalue weighted by Crippen LogP contribution is -2.48. The first kappa shape index (κ1) is 16.6. The maximum atomic E-state index is 13.3. The van der Waals surface area contributed by atoms with E-state index in [9.17, 15) is 4.79 Å². The van der Waals surface area contributed by atoms with Crippen LogP contribution in [0, 0.1) is 0 Å². The van der Waals surface area contributed by atoms with Crippen LogP contribution in [0.2, 0.25) is 0 Å². The Labute approximate surface area is 153 Å². The number of benzene rings is 3. The van der Waals surface area contributed by atoms with Gasteiger partial charge in [-0.05, 0) is 30.7 Å². The van der Waals surface area contributed by atoms with E-state index in [4.69, 9.17) is 4.74 Å². The van der Waals surface area contributed by atoms with Gasteiger partial charge in [-0.25, -0.2) is 0 Å². The summed E-state index contributed by atoms with van der Waals surface area (Å²) < 4.78 is 6.36. The summed E-state index contributed by atoms with van der Waals surface area (Å²) in [5.41, 5.74) is 2.77. The van der Waals surface area contributed by atoms with Crippen molar-refractivity contribution in [2.45, 2.75) is 19.1 Å². The van der Waals surface area contributed by atoms with Crippen LogP contribution in [0.4, 0.5) is 5.69 Å². The van der Waals surface area contributed by atoms with E-state index in [0.717, 1.165) is 16.8 Å². The monoisotopic (exact) mass is 343 g/mol. The van der Waals surface area contributed by atoms with Crippen LogP contribution >= 0.6 is 0 Å². The normalized spacial score (nSPS) is 18.8. The van der Waals surface area contributed by atoms with Gasteiger partial charge in [0.2, 0.25) is 0 Å². The Morgan fingerprint density at radius 2 is 1.46 bits per heavy atom. The zero-order valence-corrected chi connectivity index (χ0v) is 14.8. The fourth-order valence-corrected chi connectivity index (χ4v) is 3.80. The third-order valence-corrected chi connectivity index (χ3v) is 4.83. The van der Waals surface area contributed by atoms with E-state index in [1.54, 1.807) is 0 Å². The van der Waals surface area contributed by atoms with E-state index in [1.165, 1.54) is 0 Å². The van der Waals surface area contributed by atoms with E-state index in [2.05, 4.69) is 12.1 Å². The zero-order valence-electron chi connectivity index (χ0n) is 14.8. The van der Waals surface area contributed by atoms with Gasteiger partial charge in [-0.1, -0.05) is 66.7 Å². The van der Waals surface area contributed by atoms with Gasteiger partial charge < -0.3 is 4.74 Å². The highest BCUT2D eigenvalue weighted by Crippen LogP contribution is 2.45. The predicted octanol–water partition coefficient (Wildman–Crippen LogP) is 4.78. The van der Waals surface area contributed by atoms with Crippen molar-refractivity contribution in [2.75, 3.05) is 11.5 Å². The molecule has 0 bridgehead atoms. The minimum absolute atomic E-state index is 0.0174. The van der Waals surface area contributed by atoms with E-state index in [-0.39, 0.29) is 5.91 Å². The minimum atomic E-state index is -0.842. The molecule has 3 heteroatoms. The number of anilines is 1. The standard InChI is InChI=1S/C23H21NO2/c1-2-26-23(17-18-11-5-3-6-12-18)21-16-10-9-15-20(21)22(25)24(23)19-13-7-4-8-14-19/h3-16H,2,17H2,1H3/t23-/m0/s1. The molecule has 1 heterocycles. The molecule has 26 heavy (non-hydrogen) atoms. The molecule has 0 radical (unpaired) electrons. The molecule has 0 N–H and O–H groups in total. The van der Waals surface area contributed by atoms with Crippen LogP contribution < -0.4 is 4.90 Å². The summed E-state index contributed by atoms with van der Waals surface area (Å²) in [5, 5.41) is 0. The van der Waals surface area contributed by atoms with Gasteiger partial charge >= 0.3 is 0 Å². The number of ether oxygens (including phenoxy) is 1. The summed E-state index contributed by atoms with van der Waals surface area (Å²) >= 11 is 0. The summed E-state index contributed by atoms with van der Waals surface area (Å²) in [6, 6.07) is 27.7. The van der Waals surface area contributed by atoms with E-state index in [1.807, 2.05) is 84.6 Å². The molecule has 3 aromatic rings. The Bertz CT molecular complexity index is 908. The topological polar surface area (TPSA) is 29.5 Å². The van der Waals surface area contributed by atoms with Gasteiger partial charge in [0.25, 0.3) is 5.91 Å². The molecule has 1 atom stereocenters. The van der Waals surface area contributed by atoms with Gasteiger partial charge in [0.15, 0.2) is 5.72 Å². The van der Waals surface area contributed by atoms with Crippen LogP contribution in [0.15, 0.2) is 84.9 Å². The molecule has 0 fully saturated rings. The fourth-order valence-electron chi connectivity index (χ4n) is 3.80. The second-order valence-electron chi connectivity index (χ2n) is 6.40. The first-order valence-electron chi connectivity index (χ1n) is 8.93. The highest BCUT2D eigenvalue weighted by atomic mass is 16.5.